The van der Waals surface area contributed by atoms with Gasteiger partial charge in [-0.25, -0.2) is 0 Å². The van der Waals surface area contributed by atoms with Crippen LogP contribution in [0.3, 0.4) is 0 Å². The molecule has 0 saturated carbocycles. The predicted molar refractivity (Wildman–Crippen MR) is 115 cm³/mol. The Morgan fingerprint density at radius 1 is 0.968 bits per heavy atom. The van der Waals surface area contributed by atoms with E-state index in [2.05, 4.69) is 10.6 Å². The van der Waals surface area contributed by atoms with Crippen molar-refractivity contribution in [3.8, 4) is 0 Å². The number of amides is 2. The average molecular weight is 422 g/mol. The Morgan fingerprint density at radius 3 is 2.55 bits per heavy atom. The normalized spacial score (nSPS) is 18.7. The molecule has 1 atom stereocenters. The van der Waals surface area contributed by atoms with Crippen LogP contribution in [0.2, 0.25) is 0 Å². The van der Waals surface area contributed by atoms with Crippen molar-refractivity contribution in [3.63, 3.8) is 0 Å². The monoisotopic (exact) mass is 422 g/mol. The van der Waals surface area contributed by atoms with Gasteiger partial charge in [0.05, 0.1) is 26.4 Å². The summed E-state index contributed by atoms with van der Waals surface area (Å²) in [4.78, 5) is 38.2. The molecule has 162 valence electrons. The number of ketones is 1. The van der Waals surface area contributed by atoms with Crippen LogP contribution in [0.15, 0.2) is 66.7 Å². The van der Waals surface area contributed by atoms with Gasteiger partial charge in [-0.15, -0.1) is 0 Å². The molecule has 0 bridgehead atoms. The first-order valence-electron chi connectivity index (χ1n) is 10.2. The number of carbonyl (C=O) groups is 3. The van der Waals surface area contributed by atoms with Crippen molar-refractivity contribution in [1.82, 2.24) is 10.6 Å². The number of benzene rings is 2. The van der Waals surface area contributed by atoms with Gasteiger partial charge in [0.15, 0.2) is 0 Å². The zero-order valence-electron chi connectivity index (χ0n) is 17.2. The van der Waals surface area contributed by atoms with E-state index in [9.17, 15) is 14.4 Å². The summed E-state index contributed by atoms with van der Waals surface area (Å²) in [5.41, 5.74) is 1.99. The highest BCUT2D eigenvalue weighted by Gasteiger charge is 2.27. The summed E-state index contributed by atoms with van der Waals surface area (Å²) >= 11 is 0. The molecule has 0 spiro atoms. The first-order valence-corrected chi connectivity index (χ1v) is 10.2. The molecule has 0 aliphatic carbocycles. The lowest BCUT2D eigenvalue weighted by Gasteiger charge is -2.18. The van der Waals surface area contributed by atoms with Gasteiger partial charge in [0, 0.05) is 12.1 Å². The molecule has 2 aromatic carbocycles. The molecule has 1 aliphatic heterocycles. The van der Waals surface area contributed by atoms with Crippen molar-refractivity contribution in [2.75, 3.05) is 19.8 Å². The summed E-state index contributed by atoms with van der Waals surface area (Å²) in [6.45, 7) is 1.67. The molecule has 1 aliphatic rings. The molecule has 1 unspecified atom stereocenters. The fourth-order valence-electron chi connectivity index (χ4n) is 3.11. The molecule has 0 radical (unpaired) electrons. The molecule has 0 aromatic heterocycles. The quantitative estimate of drug-likeness (QED) is 0.582. The topological polar surface area (TPSA) is 93.7 Å². The first-order chi connectivity index (χ1) is 15.1. The molecule has 2 amide bonds. The Labute approximate surface area is 181 Å². The van der Waals surface area contributed by atoms with Crippen LogP contribution in [-0.2, 0) is 32.2 Å². The summed E-state index contributed by atoms with van der Waals surface area (Å²) in [6.07, 6.45) is 3.67. The molecule has 0 saturated heterocycles. The number of hydrogen-bond acceptors (Lipinski definition) is 5. The van der Waals surface area contributed by atoms with E-state index in [0.717, 1.165) is 5.56 Å². The summed E-state index contributed by atoms with van der Waals surface area (Å²) in [5.74, 6) is -1.86. The maximum Gasteiger partial charge on any atom is 0.289 e. The summed E-state index contributed by atoms with van der Waals surface area (Å²) < 4.78 is 11.0. The van der Waals surface area contributed by atoms with Gasteiger partial charge >= 0.3 is 0 Å². The molecule has 1 heterocycles. The third-order valence-electron chi connectivity index (χ3n) is 4.79. The fourth-order valence-corrected chi connectivity index (χ4v) is 3.11. The van der Waals surface area contributed by atoms with E-state index in [1.165, 1.54) is 0 Å². The lowest BCUT2D eigenvalue weighted by Crippen LogP contribution is -2.47. The van der Waals surface area contributed by atoms with Gasteiger partial charge in [-0.3, -0.25) is 14.4 Å². The van der Waals surface area contributed by atoms with Crippen molar-refractivity contribution < 1.29 is 23.9 Å². The molecule has 3 rings (SSSR count). The molecule has 2 N–H and O–H groups in total. The van der Waals surface area contributed by atoms with Crippen LogP contribution in [-0.4, -0.2) is 43.5 Å². The van der Waals surface area contributed by atoms with E-state index >= 15 is 0 Å². The Bertz CT molecular complexity index is 927. The van der Waals surface area contributed by atoms with Gasteiger partial charge in [0.1, 0.15) is 6.04 Å². The lowest BCUT2D eigenvalue weighted by atomic mass is 10.0. The van der Waals surface area contributed by atoms with E-state index in [0.29, 0.717) is 30.9 Å². The van der Waals surface area contributed by atoms with Crippen molar-refractivity contribution in [2.45, 2.75) is 25.6 Å². The van der Waals surface area contributed by atoms with E-state index in [-0.39, 0.29) is 19.6 Å². The standard InChI is InChI=1S/C24H26N2O5/c27-22(24(29)25-16-18-8-2-1-3-9-18)21-12-6-7-13-30-14-15-31-17-19-10-4-5-11-20(19)23(28)26-21/h1-11,21H,12-17H2,(H,25,29)(H,26,28)/b7-6-. The van der Waals surface area contributed by atoms with E-state index in [1.54, 1.807) is 30.4 Å². The SMILES string of the molecule is O=C(NCc1ccccc1)C(=O)C1C/C=C\COCCOCc2ccccc2C(=O)N1. The number of rotatable bonds is 4. The highest BCUT2D eigenvalue weighted by atomic mass is 16.5. The summed E-state index contributed by atoms with van der Waals surface area (Å²) in [6, 6.07) is 15.3. The Kier molecular flexibility index (Phi) is 8.51. The zero-order valence-corrected chi connectivity index (χ0v) is 17.2. The van der Waals surface area contributed by atoms with Crippen LogP contribution >= 0.6 is 0 Å². The number of fused-ring (bicyclic) bond motifs is 1. The third kappa shape index (κ3) is 6.87. The van der Waals surface area contributed by atoms with Crippen LogP contribution in [0.5, 0.6) is 0 Å². The van der Waals surface area contributed by atoms with Gasteiger partial charge in [0.25, 0.3) is 11.8 Å². The summed E-state index contributed by atoms with van der Waals surface area (Å²) in [7, 11) is 0. The molecule has 7 heteroatoms. The number of hydrogen-bond donors (Lipinski definition) is 2. The number of carbonyl (C=O) groups excluding carboxylic acids is 3. The number of Topliss-reactive ketones (excluding diaryl/α,β-unsaturated/α-hetero) is 1. The predicted octanol–water partition coefficient (Wildman–Crippen LogP) is 2.16. The molecule has 2 aromatic rings. The largest absolute Gasteiger partial charge is 0.375 e. The molecule has 0 fully saturated rings. The number of nitrogens with one attached hydrogen (secondary N) is 2. The zero-order chi connectivity index (χ0) is 21.9. The van der Waals surface area contributed by atoms with Crippen LogP contribution < -0.4 is 10.6 Å². The minimum absolute atomic E-state index is 0.186. The van der Waals surface area contributed by atoms with Crippen LogP contribution in [0.25, 0.3) is 0 Å². The van der Waals surface area contributed by atoms with E-state index in [1.807, 2.05) is 36.4 Å². The molecular weight excluding hydrogens is 396 g/mol. The van der Waals surface area contributed by atoms with Gasteiger partial charge in [-0.1, -0.05) is 60.7 Å². The maximum atomic E-state index is 12.9. The second-order valence-electron chi connectivity index (χ2n) is 7.05. The van der Waals surface area contributed by atoms with Crippen molar-refractivity contribution in [2.24, 2.45) is 0 Å². The Morgan fingerprint density at radius 2 is 1.71 bits per heavy atom. The number of ether oxygens (including phenoxy) is 2. The van der Waals surface area contributed by atoms with Gasteiger partial charge in [-0.2, -0.15) is 0 Å². The van der Waals surface area contributed by atoms with E-state index in [4.69, 9.17) is 9.47 Å². The van der Waals surface area contributed by atoms with Crippen molar-refractivity contribution >= 4 is 17.6 Å². The van der Waals surface area contributed by atoms with Crippen LogP contribution in [0, 0.1) is 0 Å². The minimum atomic E-state index is -0.989. The highest BCUT2D eigenvalue weighted by Crippen LogP contribution is 2.12. The fraction of sp³-hybridized carbons (Fsp3) is 0.292. The molecule has 31 heavy (non-hydrogen) atoms. The average Bonchev–Trinajstić information content (AvgIpc) is 2.80. The smallest absolute Gasteiger partial charge is 0.289 e. The van der Waals surface area contributed by atoms with Gasteiger partial charge in [-0.05, 0) is 23.6 Å². The Balaban J connectivity index is 1.73. The molecular formula is C24H26N2O5. The third-order valence-corrected chi connectivity index (χ3v) is 4.79. The Hall–Kier alpha value is -3.29. The van der Waals surface area contributed by atoms with Crippen LogP contribution in [0.4, 0.5) is 0 Å². The van der Waals surface area contributed by atoms with Gasteiger partial charge in [0.2, 0.25) is 5.78 Å². The van der Waals surface area contributed by atoms with Crippen molar-refractivity contribution in [3.05, 3.63) is 83.4 Å². The highest BCUT2D eigenvalue weighted by molar-refractivity contribution is 6.38. The molecule has 7 nitrogen and oxygen atoms in total. The lowest BCUT2D eigenvalue weighted by molar-refractivity contribution is -0.139. The minimum Gasteiger partial charge on any atom is -0.375 e. The van der Waals surface area contributed by atoms with Crippen LogP contribution in [0.1, 0.15) is 27.9 Å². The van der Waals surface area contributed by atoms with Gasteiger partial charge < -0.3 is 20.1 Å². The second kappa shape index (κ2) is 11.8. The van der Waals surface area contributed by atoms with Crippen molar-refractivity contribution in [1.29, 1.82) is 0 Å². The maximum absolute atomic E-state index is 12.9. The van der Waals surface area contributed by atoms with E-state index < -0.39 is 23.6 Å². The first kappa shape index (κ1) is 22.4. The second-order valence-corrected chi connectivity index (χ2v) is 7.05. The summed E-state index contributed by atoms with van der Waals surface area (Å²) in [5, 5.41) is 5.34.